The second kappa shape index (κ2) is 8.24. The Hall–Kier alpha value is -2.22. The number of hydrogen-bond acceptors (Lipinski definition) is 5. The van der Waals surface area contributed by atoms with E-state index < -0.39 is 30.6 Å². The molecule has 25 heavy (non-hydrogen) atoms. The average molecular weight is 411 g/mol. The molecule has 1 aliphatic heterocycles. The molecule has 0 radical (unpaired) electrons. The van der Waals surface area contributed by atoms with E-state index in [1.54, 1.807) is 38.1 Å². The summed E-state index contributed by atoms with van der Waals surface area (Å²) >= 11 is 3.27. The van der Waals surface area contributed by atoms with Crippen molar-refractivity contribution in [2.45, 2.75) is 26.3 Å². The van der Waals surface area contributed by atoms with Crippen molar-refractivity contribution in [1.82, 2.24) is 9.80 Å². The van der Waals surface area contributed by atoms with Crippen LogP contribution < -0.4 is 0 Å². The van der Waals surface area contributed by atoms with Crippen LogP contribution in [-0.4, -0.2) is 59.2 Å². The summed E-state index contributed by atoms with van der Waals surface area (Å²) in [6.45, 7) is 3.60. The average Bonchev–Trinajstić information content (AvgIpc) is 2.82. The third kappa shape index (κ3) is 4.25. The van der Waals surface area contributed by atoms with Gasteiger partial charge < -0.3 is 9.64 Å². The van der Waals surface area contributed by atoms with Gasteiger partial charge in [-0.3, -0.25) is 19.3 Å². The molecule has 0 N–H and O–H groups in total. The lowest BCUT2D eigenvalue weighted by atomic mass is 10.1. The van der Waals surface area contributed by atoms with Crippen LogP contribution in [-0.2, 0) is 14.3 Å². The Morgan fingerprint density at radius 2 is 1.76 bits per heavy atom. The van der Waals surface area contributed by atoms with E-state index in [0.717, 1.165) is 9.37 Å². The maximum absolute atomic E-state index is 12.2. The highest BCUT2D eigenvalue weighted by Gasteiger charge is 2.44. The van der Waals surface area contributed by atoms with E-state index in [9.17, 15) is 19.2 Å². The number of imide groups is 1. The molecule has 0 spiro atoms. The number of esters is 1. The van der Waals surface area contributed by atoms with Crippen molar-refractivity contribution in [2.24, 2.45) is 0 Å². The number of likely N-dealkylation sites (N-methyl/N-ethyl adjacent to an activating group) is 2. The van der Waals surface area contributed by atoms with E-state index in [-0.39, 0.29) is 18.7 Å². The smallest absolute Gasteiger partial charge is 0.327 e. The number of amides is 3. The van der Waals surface area contributed by atoms with Crippen molar-refractivity contribution < 1.29 is 23.9 Å². The fraction of sp³-hybridized carbons (Fsp3) is 0.412. The van der Waals surface area contributed by atoms with Gasteiger partial charge >= 0.3 is 12.0 Å². The molecule has 1 fully saturated rings. The zero-order valence-corrected chi connectivity index (χ0v) is 15.6. The summed E-state index contributed by atoms with van der Waals surface area (Å²) in [6, 6.07) is 5.41. The number of benzene rings is 1. The Labute approximate surface area is 154 Å². The van der Waals surface area contributed by atoms with Crippen LogP contribution in [0.3, 0.4) is 0 Å². The van der Waals surface area contributed by atoms with Gasteiger partial charge in [0.25, 0.3) is 5.91 Å². The molecule has 1 unspecified atom stereocenters. The Balaban J connectivity index is 1.93. The predicted molar refractivity (Wildman–Crippen MR) is 93.0 cm³/mol. The van der Waals surface area contributed by atoms with Crippen molar-refractivity contribution in [3.8, 4) is 0 Å². The summed E-state index contributed by atoms with van der Waals surface area (Å²) in [4.78, 5) is 50.7. The first-order valence-electron chi connectivity index (χ1n) is 7.95. The molecule has 1 aromatic rings. The van der Waals surface area contributed by atoms with Crippen LogP contribution in [0.5, 0.6) is 0 Å². The lowest BCUT2D eigenvalue weighted by Gasteiger charge is -2.18. The zero-order chi connectivity index (χ0) is 18.6. The monoisotopic (exact) mass is 410 g/mol. The van der Waals surface area contributed by atoms with Gasteiger partial charge in [0, 0.05) is 23.1 Å². The molecule has 1 saturated heterocycles. The molecule has 1 aromatic carbocycles. The molecule has 3 amide bonds. The van der Waals surface area contributed by atoms with Crippen molar-refractivity contribution in [1.29, 1.82) is 0 Å². The van der Waals surface area contributed by atoms with E-state index in [1.165, 1.54) is 4.90 Å². The molecule has 0 aliphatic carbocycles. The molecule has 0 aromatic heterocycles. The van der Waals surface area contributed by atoms with Crippen LogP contribution in [0.1, 0.15) is 30.6 Å². The summed E-state index contributed by atoms with van der Waals surface area (Å²) in [5.41, 5.74) is 0.426. The Morgan fingerprint density at radius 1 is 1.12 bits per heavy atom. The number of carbonyl (C=O) groups excluding carboxylic acids is 4. The Morgan fingerprint density at radius 3 is 2.32 bits per heavy atom. The summed E-state index contributed by atoms with van der Waals surface area (Å²) < 4.78 is 5.83. The molecule has 1 atom stereocenters. The largest absolute Gasteiger partial charge is 0.457 e. The van der Waals surface area contributed by atoms with Gasteiger partial charge in [-0.25, -0.2) is 4.79 Å². The van der Waals surface area contributed by atoms with E-state index in [1.807, 2.05) is 0 Å². The van der Waals surface area contributed by atoms with Gasteiger partial charge in [-0.1, -0.05) is 28.1 Å². The first kappa shape index (κ1) is 19.1. The molecular formula is C17H19BrN2O5. The molecule has 8 heteroatoms. The van der Waals surface area contributed by atoms with Crippen molar-refractivity contribution >= 4 is 39.6 Å². The van der Waals surface area contributed by atoms with E-state index in [2.05, 4.69) is 15.9 Å². The maximum Gasteiger partial charge on any atom is 0.327 e. The van der Waals surface area contributed by atoms with Crippen LogP contribution in [0.25, 0.3) is 0 Å². The molecule has 0 bridgehead atoms. The molecule has 2 rings (SSSR count). The lowest BCUT2D eigenvalue weighted by molar-refractivity contribution is -0.145. The van der Waals surface area contributed by atoms with Crippen LogP contribution in [0.2, 0.25) is 0 Å². The van der Waals surface area contributed by atoms with Crippen molar-refractivity contribution in [2.75, 3.05) is 19.7 Å². The van der Waals surface area contributed by atoms with Crippen LogP contribution in [0, 0.1) is 0 Å². The molecule has 134 valence electrons. The number of nitrogens with zero attached hydrogens (tertiary/aromatic N) is 2. The highest BCUT2D eigenvalue weighted by atomic mass is 79.9. The fourth-order valence-electron chi connectivity index (χ4n) is 2.62. The highest BCUT2D eigenvalue weighted by Crippen LogP contribution is 2.20. The maximum atomic E-state index is 12.2. The standard InChI is InChI=1S/C17H19BrN2O5/c1-3-19-13(16(23)20(4-2)17(19)24)9-15(22)25-10-14(21)11-5-7-12(18)8-6-11/h5-8,13H,3-4,9-10H2,1-2H3. The number of ketones is 1. The zero-order valence-electron chi connectivity index (χ0n) is 14.0. The topological polar surface area (TPSA) is 84.0 Å². The molecule has 0 saturated carbocycles. The van der Waals surface area contributed by atoms with Crippen LogP contribution in [0.4, 0.5) is 4.79 Å². The summed E-state index contributed by atoms with van der Waals surface area (Å²) in [5.74, 6) is -1.43. The van der Waals surface area contributed by atoms with Gasteiger partial charge in [-0.15, -0.1) is 0 Å². The normalized spacial score (nSPS) is 17.2. The summed E-state index contributed by atoms with van der Waals surface area (Å²) in [6.07, 6.45) is -0.261. The number of carbonyl (C=O) groups is 4. The molecule has 7 nitrogen and oxygen atoms in total. The SMILES string of the molecule is CCN1C(=O)C(CC(=O)OCC(=O)c2ccc(Br)cc2)N(CC)C1=O. The number of ether oxygens (including phenoxy) is 1. The van der Waals surface area contributed by atoms with E-state index in [0.29, 0.717) is 12.1 Å². The first-order chi connectivity index (χ1) is 11.9. The number of halogens is 1. The van der Waals surface area contributed by atoms with E-state index in [4.69, 9.17) is 4.74 Å². The Kier molecular flexibility index (Phi) is 6.30. The number of urea groups is 1. The van der Waals surface area contributed by atoms with Crippen molar-refractivity contribution in [3.05, 3.63) is 34.3 Å². The molecule has 1 aliphatic rings. The van der Waals surface area contributed by atoms with Gasteiger partial charge in [0.05, 0.1) is 6.42 Å². The molecular weight excluding hydrogens is 392 g/mol. The minimum absolute atomic E-state index is 0.252. The number of Topliss-reactive ketones (excluding diaryl/α,β-unsaturated/α-hetero) is 1. The van der Waals surface area contributed by atoms with E-state index >= 15 is 0 Å². The second-order valence-electron chi connectivity index (χ2n) is 5.46. The first-order valence-corrected chi connectivity index (χ1v) is 8.74. The third-order valence-electron chi connectivity index (χ3n) is 3.95. The quantitative estimate of drug-likeness (QED) is 0.391. The summed E-state index contributed by atoms with van der Waals surface area (Å²) in [5, 5.41) is 0. The van der Waals surface area contributed by atoms with Crippen molar-refractivity contribution in [3.63, 3.8) is 0 Å². The fourth-order valence-corrected chi connectivity index (χ4v) is 2.89. The van der Waals surface area contributed by atoms with Gasteiger partial charge in [0.2, 0.25) is 0 Å². The van der Waals surface area contributed by atoms with Crippen LogP contribution in [0.15, 0.2) is 28.7 Å². The van der Waals surface area contributed by atoms with Gasteiger partial charge in [-0.05, 0) is 26.0 Å². The minimum Gasteiger partial charge on any atom is -0.457 e. The van der Waals surface area contributed by atoms with Gasteiger partial charge in [-0.2, -0.15) is 0 Å². The lowest BCUT2D eigenvalue weighted by Crippen LogP contribution is -2.37. The highest BCUT2D eigenvalue weighted by molar-refractivity contribution is 9.10. The predicted octanol–water partition coefficient (Wildman–Crippen LogP) is 2.24. The third-order valence-corrected chi connectivity index (χ3v) is 4.48. The van der Waals surface area contributed by atoms with Gasteiger partial charge in [0.15, 0.2) is 12.4 Å². The Bertz CT molecular complexity index is 689. The van der Waals surface area contributed by atoms with Gasteiger partial charge in [0.1, 0.15) is 6.04 Å². The summed E-state index contributed by atoms with van der Waals surface area (Å²) in [7, 11) is 0. The second-order valence-corrected chi connectivity index (χ2v) is 6.38. The number of rotatable bonds is 7. The number of hydrogen-bond donors (Lipinski definition) is 0. The molecule has 1 heterocycles. The van der Waals surface area contributed by atoms with Crippen LogP contribution >= 0.6 is 15.9 Å². The minimum atomic E-state index is -0.868.